The normalized spacial score (nSPS) is 12.5. The van der Waals surface area contributed by atoms with Crippen molar-refractivity contribution in [2.45, 2.75) is 12.4 Å². The van der Waals surface area contributed by atoms with Gasteiger partial charge in [0.15, 0.2) is 12.3 Å². The molecule has 0 saturated heterocycles. The van der Waals surface area contributed by atoms with Crippen LogP contribution in [0.5, 0.6) is 5.75 Å². The zero-order chi connectivity index (χ0) is 23.2. The summed E-state index contributed by atoms with van der Waals surface area (Å²) in [6.07, 6.45) is -9.47. The van der Waals surface area contributed by atoms with Gasteiger partial charge >= 0.3 is 12.4 Å². The number of carbonyl (C=O) groups excluding carboxylic acids is 1. The number of pyridine rings is 1. The van der Waals surface area contributed by atoms with Crippen LogP contribution in [-0.2, 0) is 4.84 Å². The molecule has 2 aromatic rings. The Bertz CT molecular complexity index is 946. The number of halogens is 7. The van der Waals surface area contributed by atoms with E-state index in [1.165, 1.54) is 24.3 Å². The van der Waals surface area contributed by atoms with Gasteiger partial charge in [-0.3, -0.25) is 4.79 Å². The molecule has 1 aromatic carbocycles. The first-order valence-corrected chi connectivity index (χ1v) is 8.70. The molecule has 1 heterocycles. The Balaban J connectivity index is 2.32. The van der Waals surface area contributed by atoms with Gasteiger partial charge in [-0.2, -0.15) is 26.3 Å². The fourth-order valence-corrected chi connectivity index (χ4v) is 2.34. The van der Waals surface area contributed by atoms with Crippen molar-refractivity contribution in [3.05, 3.63) is 47.1 Å². The van der Waals surface area contributed by atoms with Crippen LogP contribution in [0.1, 0.15) is 10.5 Å². The zero-order valence-corrected chi connectivity index (χ0v) is 16.4. The smallest absolute Gasteiger partial charge is 0.434 e. The van der Waals surface area contributed by atoms with E-state index < -0.39 is 37.1 Å². The minimum Gasteiger partial charge on any atom is -0.482 e. The second-order valence-electron chi connectivity index (χ2n) is 5.85. The SMILES string of the molecule is CON=C(CNC(=O)c1ccc(OCC(F)(F)F)c(-c2ccc(Cl)cc2)n1)C(F)(F)F. The minimum atomic E-state index is -4.85. The van der Waals surface area contributed by atoms with Crippen molar-refractivity contribution in [1.29, 1.82) is 0 Å². The molecule has 0 radical (unpaired) electrons. The molecule has 1 aromatic heterocycles. The van der Waals surface area contributed by atoms with E-state index >= 15 is 0 Å². The van der Waals surface area contributed by atoms with Crippen molar-refractivity contribution < 1.29 is 40.7 Å². The number of benzene rings is 1. The van der Waals surface area contributed by atoms with Crippen molar-refractivity contribution >= 4 is 23.2 Å². The maximum absolute atomic E-state index is 12.8. The van der Waals surface area contributed by atoms with Gasteiger partial charge < -0.3 is 14.9 Å². The standard InChI is InChI=1S/C18H14ClF6N3O3/c1-30-28-14(18(23,24)25)8-26-16(29)12-6-7-13(31-9-17(20,21)22)15(27-12)10-2-4-11(19)5-3-10/h2-7H,8-9H2,1H3,(H,26,29). The van der Waals surface area contributed by atoms with Crippen LogP contribution < -0.4 is 10.1 Å². The van der Waals surface area contributed by atoms with Crippen LogP contribution in [-0.4, -0.2) is 49.2 Å². The number of alkyl halides is 6. The van der Waals surface area contributed by atoms with Crippen LogP contribution in [0.2, 0.25) is 5.02 Å². The number of carbonyl (C=O) groups is 1. The molecule has 0 saturated carbocycles. The number of rotatable bonds is 7. The molecule has 1 amide bonds. The molecule has 1 N–H and O–H groups in total. The Kier molecular flexibility index (Phi) is 7.71. The van der Waals surface area contributed by atoms with Crippen LogP contribution in [0.15, 0.2) is 41.6 Å². The van der Waals surface area contributed by atoms with E-state index in [2.05, 4.69) is 15.0 Å². The third-order valence-corrected chi connectivity index (χ3v) is 3.80. The topological polar surface area (TPSA) is 72.8 Å². The largest absolute Gasteiger partial charge is 0.482 e. The Labute approximate surface area is 176 Å². The number of nitrogens with zero attached hydrogens (tertiary/aromatic N) is 2. The fraction of sp³-hybridized carbons (Fsp3) is 0.278. The highest BCUT2D eigenvalue weighted by Gasteiger charge is 2.37. The Morgan fingerprint density at radius 3 is 2.29 bits per heavy atom. The first-order valence-electron chi connectivity index (χ1n) is 8.32. The van der Waals surface area contributed by atoms with Crippen molar-refractivity contribution in [2.75, 3.05) is 20.3 Å². The van der Waals surface area contributed by atoms with Gasteiger partial charge in [-0.1, -0.05) is 28.9 Å². The summed E-state index contributed by atoms with van der Waals surface area (Å²) in [4.78, 5) is 20.3. The molecule has 13 heteroatoms. The Morgan fingerprint density at radius 2 is 1.74 bits per heavy atom. The van der Waals surface area contributed by atoms with E-state index in [4.69, 9.17) is 16.3 Å². The van der Waals surface area contributed by atoms with Gasteiger partial charge in [0.05, 0.1) is 6.54 Å². The molecule has 0 aliphatic rings. The first kappa shape index (κ1) is 24.3. The third kappa shape index (κ3) is 7.31. The second kappa shape index (κ2) is 9.86. The fourth-order valence-electron chi connectivity index (χ4n) is 2.21. The Morgan fingerprint density at radius 1 is 1.10 bits per heavy atom. The summed E-state index contributed by atoms with van der Waals surface area (Å²) in [6, 6.07) is 7.82. The number of nitrogens with one attached hydrogen (secondary N) is 1. The van der Waals surface area contributed by atoms with Crippen molar-refractivity contribution in [3.8, 4) is 17.0 Å². The van der Waals surface area contributed by atoms with Gasteiger partial charge in [0.25, 0.3) is 5.91 Å². The maximum Gasteiger partial charge on any atom is 0.434 e. The second-order valence-corrected chi connectivity index (χ2v) is 6.29. The summed E-state index contributed by atoms with van der Waals surface area (Å²) in [6.45, 7) is -2.62. The lowest BCUT2D eigenvalue weighted by Gasteiger charge is -2.14. The van der Waals surface area contributed by atoms with Crippen LogP contribution in [0.25, 0.3) is 11.3 Å². The van der Waals surface area contributed by atoms with Gasteiger partial charge in [0, 0.05) is 10.6 Å². The summed E-state index contributed by atoms with van der Waals surface area (Å²) in [5.74, 6) is -1.31. The summed E-state index contributed by atoms with van der Waals surface area (Å²) < 4.78 is 80.8. The predicted molar refractivity (Wildman–Crippen MR) is 99.1 cm³/mol. The molecule has 2 rings (SSSR count). The molecule has 0 atom stereocenters. The van der Waals surface area contributed by atoms with Gasteiger partial charge in [0.1, 0.15) is 24.2 Å². The van der Waals surface area contributed by atoms with Crippen LogP contribution in [0.4, 0.5) is 26.3 Å². The number of hydrogen-bond donors (Lipinski definition) is 1. The van der Waals surface area contributed by atoms with E-state index in [1.54, 1.807) is 0 Å². The highest BCUT2D eigenvalue weighted by Crippen LogP contribution is 2.31. The number of ether oxygens (including phenoxy) is 1. The van der Waals surface area contributed by atoms with Crippen LogP contribution in [0, 0.1) is 0 Å². The Hall–Kier alpha value is -3.02. The van der Waals surface area contributed by atoms with Crippen molar-refractivity contribution in [2.24, 2.45) is 5.16 Å². The zero-order valence-electron chi connectivity index (χ0n) is 15.6. The van der Waals surface area contributed by atoms with Crippen molar-refractivity contribution in [3.63, 3.8) is 0 Å². The summed E-state index contributed by atoms with van der Waals surface area (Å²) >= 11 is 5.80. The molecule has 168 valence electrons. The molecule has 0 fully saturated rings. The van der Waals surface area contributed by atoms with E-state index in [9.17, 15) is 31.1 Å². The highest BCUT2D eigenvalue weighted by molar-refractivity contribution is 6.30. The molecule has 31 heavy (non-hydrogen) atoms. The van der Waals surface area contributed by atoms with E-state index in [0.29, 0.717) is 5.02 Å². The molecule has 0 bridgehead atoms. The van der Waals surface area contributed by atoms with Gasteiger partial charge in [0.2, 0.25) is 0 Å². The van der Waals surface area contributed by atoms with Crippen molar-refractivity contribution in [1.82, 2.24) is 10.3 Å². The van der Waals surface area contributed by atoms with E-state index in [1.807, 2.05) is 5.32 Å². The lowest BCUT2D eigenvalue weighted by molar-refractivity contribution is -0.153. The first-order chi connectivity index (χ1) is 14.4. The van der Waals surface area contributed by atoms with Crippen LogP contribution >= 0.6 is 11.6 Å². The van der Waals surface area contributed by atoms with E-state index in [-0.39, 0.29) is 22.7 Å². The van der Waals surface area contributed by atoms with Gasteiger partial charge in [-0.15, -0.1) is 0 Å². The number of amides is 1. The average Bonchev–Trinajstić information content (AvgIpc) is 2.68. The summed E-state index contributed by atoms with van der Waals surface area (Å²) in [5.41, 5.74) is -1.61. The number of oxime groups is 1. The molecule has 0 unspecified atom stereocenters. The predicted octanol–water partition coefficient (Wildman–Crippen LogP) is 4.64. The monoisotopic (exact) mass is 469 g/mol. The molecule has 6 nitrogen and oxygen atoms in total. The lowest BCUT2D eigenvalue weighted by atomic mass is 10.1. The molecular weight excluding hydrogens is 456 g/mol. The molecular formula is C18H14ClF6N3O3. The third-order valence-electron chi connectivity index (χ3n) is 3.54. The van der Waals surface area contributed by atoms with Gasteiger partial charge in [-0.05, 0) is 24.3 Å². The van der Waals surface area contributed by atoms with Gasteiger partial charge in [-0.25, -0.2) is 4.98 Å². The highest BCUT2D eigenvalue weighted by atomic mass is 35.5. The average molecular weight is 470 g/mol. The summed E-state index contributed by atoms with van der Waals surface area (Å²) in [5, 5.41) is 5.13. The number of hydrogen-bond acceptors (Lipinski definition) is 5. The molecule has 0 aliphatic carbocycles. The molecule has 0 spiro atoms. The maximum atomic E-state index is 12.8. The quantitative estimate of drug-likeness (QED) is 0.364. The minimum absolute atomic E-state index is 0.129. The van der Waals surface area contributed by atoms with Crippen LogP contribution in [0.3, 0.4) is 0 Å². The van der Waals surface area contributed by atoms with E-state index in [0.717, 1.165) is 19.2 Å². The molecule has 0 aliphatic heterocycles. The lowest BCUT2D eigenvalue weighted by Crippen LogP contribution is -2.37. The summed E-state index contributed by atoms with van der Waals surface area (Å²) in [7, 11) is 0.910. The number of aromatic nitrogens is 1.